The molecule has 1 heterocycles. The number of imidazole rings is 1. The maximum atomic E-state index is 13.4. The second-order valence-electron chi connectivity index (χ2n) is 9.93. The summed E-state index contributed by atoms with van der Waals surface area (Å²) in [5.41, 5.74) is 10.00. The number of primary amides is 1. The third kappa shape index (κ3) is 4.64. The maximum Gasteiger partial charge on any atom is 0.253 e. The van der Waals surface area contributed by atoms with Gasteiger partial charge in [-0.05, 0) is 48.8 Å². The molecule has 4 aromatic rings. The smallest absolute Gasteiger partial charge is 0.253 e. The Morgan fingerprint density at radius 1 is 0.917 bits per heavy atom. The quantitative estimate of drug-likeness (QED) is 0.357. The fourth-order valence-corrected chi connectivity index (χ4v) is 6.09. The van der Waals surface area contributed by atoms with Gasteiger partial charge in [-0.15, -0.1) is 0 Å². The van der Waals surface area contributed by atoms with Crippen LogP contribution in [-0.2, 0) is 16.8 Å². The summed E-state index contributed by atoms with van der Waals surface area (Å²) < 4.78 is 4.71. The largest absolute Gasteiger partial charge is 1.00 e. The number of nitrogens with two attached hydrogens (primary N) is 1. The Morgan fingerprint density at radius 3 is 2.06 bits per heavy atom. The van der Waals surface area contributed by atoms with Gasteiger partial charge in [-0.25, -0.2) is 9.13 Å². The van der Waals surface area contributed by atoms with Crippen LogP contribution in [0.25, 0.3) is 0 Å². The highest BCUT2D eigenvalue weighted by molar-refractivity contribution is 5.91. The molecule has 0 radical (unpaired) electrons. The lowest BCUT2D eigenvalue weighted by Gasteiger charge is -2.37. The third-order valence-corrected chi connectivity index (χ3v) is 7.93. The van der Waals surface area contributed by atoms with Crippen LogP contribution >= 0.6 is 0 Å². The average Bonchev–Trinajstić information content (AvgIpc) is 3.49. The minimum Gasteiger partial charge on any atom is -1.00 e. The second-order valence-corrected chi connectivity index (χ2v) is 9.93. The minimum absolute atomic E-state index is 0. The van der Waals surface area contributed by atoms with Gasteiger partial charge in [-0.1, -0.05) is 90.5 Å². The van der Waals surface area contributed by atoms with Crippen molar-refractivity contribution < 1.29 is 26.3 Å². The molecule has 3 aromatic carbocycles. The number of hydrogen-bond donors (Lipinski definition) is 1. The zero-order valence-electron chi connectivity index (χ0n) is 21.0. The summed E-state index contributed by atoms with van der Waals surface area (Å²) >= 11 is 0. The van der Waals surface area contributed by atoms with Crippen LogP contribution in [0.4, 0.5) is 0 Å². The van der Waals surface area contributed by atoms with E-state index >= 15 is 0 Å². The number of aryl methyl sites for hydroxylation is 1. The van der Waals surface area contributed by atoms with Crippen LogP contribution in [0.5, 0.6) is 0 Å². The van der Waals surface area contributed by atoms with Crippen LogP contribution in [-0.4, -0.2) is 10.5 Å². The first-order chi connectivity index (χ1) is 17.0. The molecule has 4 nitrogen and oxygen atoms in total. The molecule has 0 bridgehead atoms. The molecule has 0 saturated heterocycles. The monoisotopic (exact) mass is 543 g/mol. The third-order valence-electron chi connectivity index (χ3n) is 7.93. The van der Waals surface area contributed by atoms with Gasteiger partial charge in [0, 0.05) is 6.92 Å². The molecule has 2 atom stereocenters. The van der Waals surface area contributed by atoms with Crippen molar-refractivity contribution in [2.24, 2.45) is 11.7 Å². The highest BCUT2D eigenvalue weighted by atomic mass is 79.9. The maximum absolute atomic E-state index is 13.4. The Bertz CT molecular complexity index is 1260. The molecule has 1 fully saturated rings. The van der Waals surface area contributed by atoms with E-state index in [9.17, 15) is 4.79 Å². The predicted octanol–water partition coefficient (Wildman–Crippen LogP) is 2.26. The Morgan fingerprint density at radius 2 is 1.50 bits per heavy atom. The molecule has 5 rings (SSSR count). The van der Waals surface area contributed by atoms with Crippen molar-refractivity contribution in [1.82, 2.24) is 4.57 Å². The number of aromatic nitrogens is 2. The highest BCUT2D eigenvalue weighted by Gasteiger charge is 2.51. The van der Waals surface area contributed by atoms with Gasteiger partial charge in [-0.3, -0.25) is 4.79 Å². The lowest BCUT2D eigenvalue weighted by Crippen LogP contribution is -3.00. The molecular formula is C31H34BrN3O. The summed E-state index contributed by atoms with van der Waals surface area (Å²) in [4.78, 5) is 13.4. The minimum atomic E-state index is -0.837. The number of benzene rings is 3. The van der Waals surface area contributed by atoms with E-state index in [1.807, 2.05) is 36.4 Å². The van der Waals surface area contributed by atoms with Crippen molar-refractivity contribution in [1.29, 1.82) is 0 Å². The van der Waals surface area contributed by atoms with E-state index in [4.69, 9.17) is 5.73 Å². The van der Waals surface area contributed by atoms with E-state index in [-0.39, 0.29) is 28.8 Å². The summed E-state index contributed by atoms with van der Waals surface area (Å²) in [5, 5.41) is 0. The van der Waals surface area contributed by atoms with Crippen LogP contribution in [0.15, 0.2) is 97.3 Å². The van der Waals surface area contributed by atoms with Crippen LogP contribution in [0, 0.1) is 19.8 Å². The molecule has 1 aromatic heterocycles. The lowest BCUT2D eigenvalue weighted by atomic mass is 9.64. The topological polar surface area (TPSA) is 51.9 Å². The molecule has 1 aliphatic rings. The summed E-state index contributed by atoms with van der Waals surface area (Å²) in [7, 11) is 0. The summed E-state index contributed by atoms with van der Waals surface area (Å²) in [6.45, 7) is 5.16. The van der Waals surface area contributed by atoms with E-state index in [0.717, 1.165) is 36.9 Å². The number of hydrogen-bond acceptors (Lipinski definition) is 1. The molecule has 1 amide bonds. The van der Waals surface area contributed by atoms with Crippen LogP contribution in [0.2, 0.25) is 0 Å². The Balaban J connectivity index is 0.00000304. The molecular weight excluding hydrogens is 510 g/mol. The Kier molecular flexibility index (Phi) is 7.79. The van der Waals surface area contributed by atoms with Crippen molar-refractivity contribution in [2.75, 3.05) is 0 Å². The van der Waals surface area contributed by atoms with Gasteiger partial charge in [-0.2, -0.15) is 0 Å². The average molecular weight is 545 g/mol. The predicted molar refractivity (Wildman–Crippen MR) is 139 cm³/mol. The normalized spacial score (nSPS) is 17.5. The van der Waals surface area contributed by atoms with Crippen molar-refractivity contribution in [3.05, 3.63) is 125 Å². The van der Waals surface area contributed by atoms with Gasteiger partial charge in [0.15, 0.2) is 0 Å². The molecule has 1 saturated carbocycles. The molecule has 1 aliphatic carbocycles. The Labute approximate surface area is 224 Å². The van der Waals surface area contributed by atoms with Crippen molar-refractivity contribution in [3.63, 3.8) is 0 Å². The van der Waals surface area contributed by atoms with Gasteiger partial charge in [0.2, 0.25) is 5.91 Å². The van der Waals surface area contributed by atoms with Crippen molar-refractivity contribution in [3.8, 4) is 0 Å². The van der Waals surface area contributed by atoms with Crippen LogP contribution < -0.4 is 27.3 Å². The molecule has 0 spiro atoms. The number of rotatable bonds is 7. The second kappa shape index (κ2) is 10.8. The molecule has 0 unspecified atom stereocenters. The zero-order valence-corrected chi connectivity index (χ0v) is 22.6. The summed E-state index contributed by atoms with van der Waals surface area (Å²) in [6.07, 6.45) is 7.27. The lowest BCUT2D eigenvalue weighted by molar-refractivity contribution is -0.694. The SMILES string of the molecule is Cc1ccc(C[n+]2ccn([C@H]3CC[C@@H](C(C(N)=O)(c4ccccc4)c4ccccc4)C3)c2C)cc1.[Br-]. The van der Waals surface area contributed by atoms with E-state index in [2.05, 4.69) is 83.9 Å². The standard InChI is InChI=1S/C31H33N3O.BrH/c1-23-13-15-25(16-14-23)22-33-19-20-34(24(33)2)29-18-17-28(21-29)31(30(32)35,26-9-5-3-6-10-26)27-11-7-4-8-12-27;/h3-16,19-20,28-29H,17-18,21-22H2,1-2H3,(H-,32,35);1H/t28-,29+;/m1./s1. The first-order valence-corrected chi connectivity index (χ1v) is 12.5. The zero-order chi connectivity index (χ0) is 24.4. The molecule has 5 heteroatoms. The fraction of sp³-hybridized carbons (Fsp3) is 0.290. The molecule has 0 aliphatic heterocycles. The van der Waals surface area contributed by atoms with Crippen molar-refractivity contribution >= 4 is 5.91 Å². The van der Waals surface area contributed by atoms with E-state index < -0.39 is 5.41 Å². The van der Waals surface area contributed by atoms with Gasteiger partial charge in [0.1, 0.15) is 30.4 Å². The van der Waals surface area contributed by atoms with Gasteiger partial charge >= 0.3 is 0 Å². The molecule has 186 valence electrons. The van der Waals surface area contributed by atoms with Crippen LogP contribution in [0.1, 0.15) is 53.4 Å². The number of nitrogens with zero attached hydrogens (tertiary/aromatic N) is 2. The van der Waals surface area contributed by atoms with Gasteiger partial charge < -0.3 is 22.7 Å². The summed E-state index contributed by atoms with van der Waals surface area (Å²) in [5.74, 6) is 1.10. The van der Waals surface area contributed by atoms with Gasteiger partial charge in [0.05, 0.1) is 0 Å². The van der Waals surface area contributed by atoms with Crippen molar-refractivity contribution in [2.45, 2.75) is 51.1 Å². The summed E-state index contributed by atoms with van der Waals surface area (Å²) in [6, 6.07) is 29.3. The number of amides is 1. The van der Waals surface area contributed by atoms with Gasteiger partial charge in [0.25, 0.3) is 5.82 Å². The molecule has 36 heavy (non-hydrogen) atoms. The highest BCUT2D eigenvalue weighted by Crippen LogP contribution is 2.49. The van der Waals surface area contributed by atoms with E-state index in [0.29, 0.717) is 6.04 Å². The first-order valence-electron chi connectivity index (χ1n) is 12.5. The van der Waals surface area contributed by atoms with Crippen LogP contribution in [0.3, 0.4) is 0 Å². The number of carbonyl (C=O) groups excluding carboxylic acids is 1. The van der Waals surface area contributed by atoms with E-state index in [1.165, 1.54) is 17.0 Å². The fourth-order valence-electron chi connectivity index (χ4n) is 6.09. The molecule has 2 N–H and O–H groups in total. The number of carbonyl (C=O) groups is 1. The first kappa shape index (κ1) is 25.9. The number of halogens is 1. The van der Waals surface area contributed by atoms with E-state index in [1.54, 1.807) is 0 Å². The Hall–Kier alpha value is -3.18.